The second-order valence-electron chi connectivity index (χ2n) is 6.87. The van der Waals surface area contributed by atoms with Crippen molar-refractivity contribution in [2.45, 2.75) is 46.1 Å². The number of hydrogen-bond acceptors (Lipinski definition) is 3. The average Bonchev–Trinajstić information content (AvgIpc) is 2.80. The quantitative estimate of drug-likeness (QED) is 0.879. The monoisotopic (exact) mass is 341 g/mol. The molecule has 134 valence electrons. The highest BCUT2D eigenvalue weighted by molar-refractivity contribution is 5.75. The van der Waals surface area contributed by atoms with Gasteiger partial charge in [0.15, 0.2) is 0 Å². The summed E-state index contributed by atoms with van der Waals surface area (Å²) in [6.07, 6.45) is 3.28. The SMILES string of the molecule is Cc1cc(C)n(CCCC(=O)NCC2CCOc3ccccc3C2)n1. The molecule has 5 heteroatoms. The van der Waals surface area contributed by atoms with Crippen molar-refractivity contribution in [2.75, 3.05) is 13.2 Å². The third-order valence-corrected chi connectivity index (χ3v) is 4.73. The summed E-state index contributed by atoms with van der Waals surface area (Å²) in [6, 6.07) is 10.2. The van der Waals surface area contributed by atoms with E-state index < -0.39 is 0 Å². The topological polar surface area (TPSA) is 56.2 Å². The molecular weight excluding hydrogens is 314 g/mol. The second kappa shape index (κ2) is 8.19. The number of aromatic nitrogens is 2. The van der Waals surface area contributed by atoms with Gasteiger partial charge in [-0.2, -0.15) is 5.10 Å². The fourth-order valence-corrected chi connectivity index (χ4v) is 3.37. The summed E-state index contributed by atoms with van der Waals surface area (Å²) in [7, 11) is 0. The van der Waals surface area contributed by atoms with Gasteiger partial charge in [0.2, 0.25) is 5.91 Å². The minimum atomic E-state index is 0.125. The predicted octanol–water partition coefficient (Wildman–Crippen LogP) is 3.04. The van der Waals surface area contributed by atoms with Gasteiger partial charge >= 0.3 is 0 Å². The van der Waals surface area contributed by atoms with E-state index in [1.807, 2.05) is 36.7 Å². The molecule has 1 N–H and O–H groups in total. The number of amides is 1. The molecule has 1 aromatic carbocycles. The van der Waals surface area contributed by atoms with Gasteiger partial charge in [0.25, 0.3) is 0 Å². The summed E-state index contributed by atoms with van der Waals surface area (Å²) < 4.78 is 7.76. The minimum absolute atomic E-state index is 0.125. The summed E-state index contributed by atoms with van der Waals surface area (Å²) in [5.74, 6) is 1.55. The molecule has 0 aliphatic carbocycles. The predicted molar refractivity (Wildman–Crippen MR) is 97.7 cm³/mol. The first-order valence-electron chi connectivity index (χ1n) is 9.10. The van der Waals surface area contributed by atoms with E-state index in [0.717, 1.165) is 56.1 Å². The fourth-order valence-electron chi connectivity index (χ4n) is 3.37. The molecule has 0 spiro atoms. The molecule has 1 aliphatic rings. The largest absolute Gasteiger partial charge is 0.493 e. The summed E-state index contributed by atoms with van der Waals surface area (Å²) in [5.41, 5.74) is 3.41. The van der Waals surface area contributed by atoms with Crippen LogP contribution >= 0.6 is 0 Å². The van der Waals surface area contributed by atoms with Crippen LogP contribution in [0.4, 0.5) is 0 Å². The number of aryl methyl sites for hydroxylation is 3. The smallest absolute Gasteiger partial charge is 0.220 e. The van der Waals surface area contributed by atoms with Gasteiger partial charge < -0.3 is 10.1 Å². The van der Waals surface area contributed by atoms with Crippen LogP contribution < -0.4 is 10.1 Å². The van der Waals surface area contributed by atoms with Crippen molar-refractivity contribution < 1.29 is 9.53 Å². The molecule has 0 bridgehead atoms. The van der Waals surface area contributed by atoms with Crippen LogP contribution in [0.15, 0.2) is 30.3 Å². The van der Waals surface area contributed by atoms with Crippen molar-refractivity contribution in [1.29, 1.82) is 0 Å². The Labute approximate surface area is 149 Å². The van der Waals surface area contributed by atoms with E-state index in [-0.39, 0.29) is 5.91 Å². The van der Waals surface area contributed by atoms with Crippen LogP contribution in [0.1, 0.15) is 36.2 Å². The molecule has 1 aromatic heterocycles. The van der Waals surface area contributed by atoms with Crippen LogP contribution in [0.5, 0.6) is 5.75 Å². The van der Waals surface area contributed by atoms with Crippen LogP contribution in [-0.4, -0.2) is 28.8 Å². The standard InChI is InChI=1S/C20H27N3O2/c1-15-12-16(2)23(22-15)10-5-8-20(24)21-14-17-9-11-25-19-7-4-3-6-18(19)13-17/h3-4,6-7,12,17H,5,8-11,13-14H2,1-2H3,(H,21,24). The van der Waals surface area contributed by atoms with Crippen molar-refractivity contribution in [2.24, 2.45) is 5.92 Å². The van der Waals surface area contributed by atoms with Crippen molar-refractivity contribution >= 4 is 5.91 Å². The van der Waals surface area contributed by atoms with Crippen LogP contribution in [0.2, 0.25) is 0 Å². The van der Waals surface area contributed by atoms with Crippen molar-refractivity contribution in [3.8, 4) is 5.75 Å². The molecule has 1 unspecified atom stereocenters. The summed E-state index contributed by atoms with van der Waals surface area (Å²) in [6.45, 7) is 6.26. The lowest BCUT2D eigenvalue weighted by atomic mass is 9.97. The Bertz CT molecular complexity index is 723. The molecule has 1 aliphatic heterocycles. The molecule has 5 nitrogen and oxygen atoms in total. The molecule has 0 saturated carbocycles. The minimum Gasteiger partial charge on any atom is -0.493 e. The van der Waals surface area contributed by atoms with E-state index in [4.69, 9.17) is 4.74 Å². The van der Waals surface area contributed by atoms with Gasteiger partial charge in [0.1, 0.15) is 5.75 Å². The summed E-state index contributed by atoms with van der Waals surface area (Å²) in [4.78, 5) is 12.1. The highest BCUT2D eigenvalue weighted by atomic mass is 16.5. The Balaban J connectivity index is 1.41. The number of benzene rings is 1. The number of carbonyl (C=O) groups is 1. The molecule has 1 atom stereocenters. The number of para-hydroxylation sites is 1. The number of nitrogens with one attached hydrogen (secondary N) is 1. The molecule has 0 saturated heterocycles. The highest BCUT2D eigenvalue weighted by Crippen LogP contribution is 2.26. The van der Waals surface area contributed by atoms with E-state index >= 15 is 0 Å². The molecule has 2 aromatic rings. The molecule has 0 fully saturated rings. The van der Waals surface area contributed by atoms with Crippen LogP contribution in [0, 0.1) is 19.8 Å². The van der Waals surface area contributed by atoms with Crippen molar-refractivity contribution in [1.82, 2.24) is 15.1 Å². The number of carbonyl (C=O) groups excluding carboxylic acids is 1. The number of ether oxygens (including phenoxy) is 1. The third-order valence-electron chi connectivity index (χ3n) is 4.73. The second-order valence-corrected chi connectivity index (χ2v) is 6.87. The maximum absolute atomic E-state index is 12.1. The first-order valence-corrected chi connectivity index (χ1v) is 9.10. The van der Waals surface area contributed by atoms with Gasteiger partial charge in [-0.25, -0.2) is 0 Å². The Morgan fingerprint density at radius 3 is 3.00 bits per heavy atom. The first kappa shape index (κ1) is 17.5. The van der Waals surface area contributed by atoms with Crippen molar-refractivity contribution in [3.63, 3.8) is 0 Å². The maximum atomic E-state index is 12.1. The third kappa shape index (κ3) is 4.84. The van der Waals surface area contributed by atoms with Gasteiger partial charge in [-0.05, 0) is 56.7 Å². The average molecular weight is 341 g/mol. The number of nitrogens with zero attached hydrogens (tertiary/aromatic N) is 2. The van der Waals surface area contributed by atoms with Gasteiger partial charge in [-0.1, -0.05) is 18.2 Å². The Kier molecular flexibility index (Phi) is 5.74. The number of rotatable bonds is 6. The molecule has 1 amide bonds. The normalized spacial score (nSPS) is 16.6. The first-order chi connectivity index (χ1) is 12.1. The lowest BCUT2D eigenvalue weighted by Crippen LogP contribution is -2.30. The summed E-state index contributed by atoms with van der Waals surface area (Å²) in [5, 5.41) is 7.52. The van der Waals surface area contributed by atoms with Gasteiger partial charge in [-0.15, -0.1) is 0 Å². The van der Waals surface area contributed by atoms with E-state index in [0.29, 0.717) is 12.3 Å². The lowest BCUT2D eigenvalue weighted by molar-refractivity contribution is -0.121. The van der Waals surface area contributed by atoms with Gasteiger partial charge in [0.05, 0.1) is 12.3 Å². The zero-order chi connectivity index (χ0) is 17.6. The van der Waals surface area contributed by atoms with E-state index in [9.17, 15) is 4.79 Å². The maximum Gasteiger partial charge on any atom is 0.220 e. The molecule has 2 heterocycles. The lowest BCUT2D eigenvalue weighted by Gasteiger charge is -2.14. The van der Waals surface area contributed by atoms with E-state index in [1.165, 1.54) is 5.56 Å². The van der Waals surface area contributed by atoms with E-state index in [2.05, 4.69) is 22.5 Å². The zero-order valence-electron chi connectivity index (χ0n) is 15.1. The number of fused-ring (bicyclic) bond motifs is 1. The van der Waals surface area contributed by atoms with Gasteiger partial charge in [-0.3, -0.25) is 9.48 Å². The van der Waals surface area contributed by atoms with Crippen LogP contribution in [0.25, 0.3) is 0 Å². The van der Waals surface area contributed by atoms with Crippen LogP contribution in [-0.2, 0) is 17.8 Å². The van der Waals surface area contributed by atoms with Gasteiger partial charge in [0, 0.05) is 25.2 Å². The molecule has 3 rings (SSSR count). The Hall–Kier alpha value is -2.30. The van der Waals surface area contributed by atoms with Crippen molar-refractivity contribution in [3.05, 3.63) is 47.3 Å². The Morgan fingerprint density at radius 1 is 1.36 bits per heavy atom. The molecule has 0 radical (unpaired) electrons. The summed E-state index contributed by atoms with van der Waals surface area (Å²) >= 11 is 0. The molecular formula is C20H27N3O2. The van der Waals surface area contributed by atoms with E-state index in [1.54, 1.807) is 0 Å². The fraction of sp³-hybridized carbons (Fsp3) is 0.500. The van der Waals surface area contributed by atoms with Crippen LogP contribution in [0.3, 0.4) is 0 Å². The number of hydrogen-bond donors (Lipinski definition) is 1. The Morgan fingerprint density at radius 2 is 2.20 bits per heavy atom. The highest BCUT2D eigenvalue weighted by Gasteiger charge is 2.18. The molecule has 25 heavy (non-hydrogen) atoms. The zero-order valence-corrected chi connectivity index (χ0v) is 15.1.